The first-order valence-electron chi connectivity index (χ1n) is 4.64. The molecule has 0 aliphatic rings. The largest absolute Gasteiger partial charge is 0.550 e. The SMILES string of the molecule is CC(C)CC[NH2+]CCCC(=O)[O-]. The molecular formula is C9H19NO2. The van der Waals surface area contributed by atoms with Gasteiger partial charge >= 0.3 is 0 Å². The van der Waals surface area contributed by atoms with Crippen molar-refractivity contribution >= 4 is 5.97 Å². The molecule has 12 heavy (non-hydrogen) atoms. The lowest BCUT2D eigenvalue weighted by atomic mass is 10.1. The van der Waals surface area contributed by atoms with E-state index in [9.17, 15) is 9.90 Å². The Labute approximate surface area is 74.2 Å². The van der Waals surface area contributed by atoms with Gasteiger partial charge in [-0.25, -0.2) is 0 Å². The third-order valence-corrected chi connectivity index (χ3v) is 1.74. The molecule has 72 valence electrons. The minimum Gasteiger partial charge on any atom is -0.550 e. The molecule has 0 aromatic rings. The standard InChI is InChI=1S/C9H19NO2/c1-8(2)5-7-10-6-3-4-9(11)12/h8,10H,3-7H2,1-2H3,(H,11,12). The van der Waals surface area contributed by atoms with E-state index in [0.29, 0.717) is 0 Å². The minimum absolute atomic E-state index is 0.193. The van der Waals surface area contributed by atoms with Crippen molar-refractivity contribution in [1.29, 1.82) is 0 Å². The highest BCUT2D eigenvalue weighted by molar-refractivity contribution is 5.64. The molecule has 0 rings (SSSR count). The molecule has 3 nitrogen and oxygen atoms in total. The van der Waals surface area contributed by atoms with Crippen molar-refractivity contribution in [3.05, 3.63) is 0 Å². The number of nitrogens with two attached hydrogens (primary N) is 1. The number of rotatable bonds is 7. The predicted molar refractivity (Wildman–Crippen MR) is 45.4 cm³/mol. The van der Waals surface area contributed by atoms with E-state index in [1.54, 1.807) is 0 Å². The fraction of sp³-hybridized carbons (Fsp3) is 0.889. The number of carbonyl (C=O) groups is 1. The van der Waals surface area contributed by atoms with Crippen molar-refractivity contribution in [3.8, 4) is 0 Å². The normalized spacial score (nSPS) is 10.6. The second kappa shape index (κ2) is 7.10. The first-order valence-corrected chi connectivity index (χ1v) is 4.64. The van der Waals surface area contributed by atoms with Gasteiger partial charge in [0.1, 0.15) is 0 Å². The van der Waals surface area contributed by atoms with E-state index in [1.807, 2.05) is 0 Å². The lowest BCUT2D eigenvalue weighted by Gasteiger charge is -2.04. The summed E-state index contributed by atoms with van der Waals surface area (Å²) in [5.74, 6) is -0.199. The van der Waals surface area contributed by atoms with Crippen molar-refractivity contribution in [3.63, 3.8) is 0 Å². The molecule has 0 unspecified atom stereocenters. The highest BCUT2D eigenvalue weighted by Crippen LogP contribution is 1.94. The molecular weight excluding hydrogens is 154 g/mol. The Morgan fingerprint density at radius 1 is 1.42 bits per heavy atom. The summed E-state index contributed by atoms with van der Waals surface area (Å²) < 4.78 is 0. The molecule has 0 aliphatic carbocycles. The van der Waals surface area contributed by atoms with Crippen molar-refractivity contribution in [2.24, 2.45) is 5.92 Å². The highest BCUT2D eigenvalue weighted by atomic mass is 16.4. The van der Waals surface area contributed by atoms with E-state index < -0.39 is 5.97 Å². The van der Waals surface area contributed by atoms with Crippen LogP contribution in [-0.4, -0.2) is 19.1 Å². The van der Waals surface area contributed by atoms with E-state index in [0.717, 1.165) is 25.4 Å². The van der Waals surface area contributed by atoms with Crippen molar-refractivity contribution < 1.29 is 15.2 Å². The summed E-state index contributed by atoms with van der Waals surface area (Å²) in [5.41, 5.74) is 0. The third kappa shape index (κ3) is 9.43. The average Bonchev–Trinajstić information content (AvgIpc) is 1.95. The lowest BCUT2D eigenvalue weighted by Crippen LogP contribution is -2.84. The van der Waals surface area contributed by atoms with Gasteiger partial charge in [-0.05, 0) is 18.8 Å². The van der Waals surface area contributed by atoms with Crippen molar-refractivity contribution in [2.45, 2.75) is 33.1 Å². The van der Waals surface area contributed by atoms with Crippen LogP contribution in [0.15, 0.2) is 0 Å². The second-order valence-electron chi connectivity index (χ2n) is 3.52. The quantitative estimate of drug-likeness (QED) is 0.509. The van der Waals surface area contributed by atoms with Crippen LogP contribution in [0.5, 0.6) is 0 Å². The molecule has 3 heteroatoms. The first kappa shape index (κ1) is 11.4. The predicted octanol–water partition coefficient (Wildman–Crippen LogP) is -0.874. The maximum atomic E-state index is 10.0. The molecule has 0 amide bonds. The van der Waals surface area contributed by atoms with E-state index >= 15 is 0 Å². The number of carboxylic acid groups (broad SMARTS) is 1. The molecule has 0 aliphatic heterocycles. The zero-order chi connectivity index (χ0) is 9.40. The van der Waals surface area contributed by atoms with Crippen LogP contribution >= 0.6 is 0 Å². The van der Waals surface area contributed by atoms with Gasteiger partial charge in [-0.1, -0.05) is 13.8 Å². The Balaban J connectivity index is 2.96. The Bertz CT molecular complexity index is 124. The second-order valence-corrected chi connectivity index (χ2v) is 3.52. The van der Waals surface area contributed by atoms with E-state index in [4.69, 9.17) is 0 Å². The maximum Gasteiger partial charge on any atom is 0.0758 e. The number of quaternary nitrogens is 1. The average molecular weight is 173 g/mol. The monoisotopic (exact) mass is 173 g/mol. The Kier molecular flexibility index (Phi) is 6.76. The molecule has 0 aromatic carbocycles. The number of carboxylic acids is 1. The highest BCUT2D eigenvalue weighted by Gasteiger charge is 1.95. The first-order chi connectivity index (χ1) is 5.63. The molecule has 0 bridgehead atoms. The Morgan fingerprint density at radius 3 is 2.58 bits per heavy atom. The zero-order valence-corrected chi connectivity index (χ0v) is 8.01. The minimum atomic E-state index is -0.938. The van der Waals surface area contributed by atoms with Gasteiger partial charge < -0.3 is 15.2 Å². The van der Waals surface area contributed by atoms with Gasteiger partial charge in [-0.15, -0.1) is 0 Å². The van der Waals surface area contributed by atoms with Gasteiger partial charge in [0.25, 0.3) is 0 Å². The molecule has 0 spiro atoms. The molecule has 0 fully saturated rings. The number of carbonyl (C=O) groups excluding carboxylic acids is 1. The number of hydrogen-bond acceptors (Lipinski definition) is 2. The van der Waals surface area contributed by atoms with Crippen LogP contribution in [0, 0.1) is 5.92 Å². The zero-order valence-electron chi connectivity index (χ0n) is 8.01. The Hall–Kier alpha value is -0.570. The smallest absolute Gasteiger partial charge is 0.0758 e. The summed E-state index contributed by atoms with van der Waals surface area (Å²) in [5, 5.41) is 12.2. The van der Waals surface area contributed by atoms with Gasteiger partial charge in [0.15, 0.2) is 0 Å². The molecule has 0 saturated heterocycles. The van der Waals surface area contributed by atoms with Gasteiger partial charge in [-0.3, -0.25) is 0 Å². The van der Waals surface area contributed by atoms with E-state index in [1.165, 1.54) is 6.42 Å². The summed E-state index contributed by atoms with van der Waals surface area (Å²) >= 11 is 0. The van der Waals surface area contributed by atoms with Gasteiger partial charge in [0.2, 0.25) is 0 Å². The van der Waals surface area contributed by atoms with Gasteiger partial charge in [0, 0.05) is 12.4 Å². The summed E-state index contributed by atoms with van der Waals surface area (Å²) in [6, 6.07) is 0. The molecule has 0 atom stereocenters. The van der Waals surface area contributed by atoms with Crippen LogP contribution in [0.3, 0.4) is 0 Å². The molecule has 0 saturated carbocycles. The van der Waals surface area contributed by atoms with Crippen LogP contribution in [0.25, 0.3) is 0 Å². The van der Waals surface area contributed by atoms with Crippen LogP contribution in [0.2, 0.25) is 0 Å². The molecule has 0 aromatic heterocycles. The Morgan fingerprint density at radius 2 is 2.08 bits per heavy atom. The summed E-state index contributed by atoms with van der Waals surface area (Å²) in [6.07, 6.45) is 2.12. The van der Waals surface area contributed by atoms with Crippen molar-refractivity contribution in [1.82, 2.24) is 0 Å². The summed E-state index contributed by atoms with van der Waals surface area (Å²) in [4.78, 5) is 10.0. The summed E-state index contributed by atoms with van der Waals surface area (Å²) in [6.45, 7) is 6.38. The summed E-state index contributed by atoms with van der Waals surface area (Å²) in [7, 11) is 0. The number of hydrogen-bond donors (Lipinski definition) is 1. The third-order valence-electron chi connectivity index (χ3n) is 1.74. The number of aliphatic carboxylic acids is 1. The van der Waals surface area contributed by atoms with Crippen molar-refractivity contribution in [2.75, 3.05) is 13.1 Å². The molecule has 0 radical (unpaired) electrons. The fourth-order valence-electron chi connectivity index (χ4n) is 0.986. The van der Waals surface area contributed by atoms with Gasteiger partial charge in [-0.2, -0.15) is 0 Å². The van der Waals surface area contributed by atoms with Crippen LogP contribution in [-0.2, 0) is 4.79 Å². The van der Waals surface area contributed by atoms with E-state index in [2.05, 4.69) is 19.2 Å². The van der Waals surface area contributed by atoms with Crippen LogP contribution in [0.1, 0.15) is 33.1 Å². The van der Waals surface area contributed by atoms with Crippen LogP contribution < -0.4 is 10.4 Å². The maximum absolute atomic E-state index is 10.0. The fourth-order valence-corrected chi connectivity index (χ4v) is 0.986. The van der Waals surface area contributed by atoms with Gasteiger partial charge in [0.05, 0.1) is 13.1 Å². The topological polar surface area (TPSA) is 56.7 Å². The lowest BCUT2D eigenvalue weighted by molar-refractivity contribution is -0.656. The van der Waals surface area contributed by atoms with Crippen LogP contribution in [0.4, 0.5) is 0 Å². The molecule has 0 heterocycles. The molecule has 2 N–H and O–H groups in total. The van der Waals surface area contributed by atoms with E-state index in [-0.39, 0.29) is 6.42 Å².